The number of aryl methyl sites for hydroxylation is 2. The van der Waals surface area contributed by atoms with Gasteiger partial charge in [-0.1, -0.05) is 24.3 Å². The molecule has 388 valence electrons. The summed E-state index contributed by atoms with van der Waals surface area (Å²) in [7, 11) is 1.49. The van der Waals surface area contributed by atoms with Crippen LogP contribution in [0.25, 0.3) is 0 Å². The summed E-state index contributed by atoms with van der Waals surface area (Å²) in [6, 6.07) is 14.9. The summed E-state index contributed by atoms with van der Waals surface area (Å²) in [4.78, 5) is 68.2. The second kappa shape index (κ2) is 34.4. The first-order valence-corrected chi connectivity index (χ1v) is 24.5. The van der Waals surface area contributed by atoms with E-state index in [-0.39, 0.29) is 84.0 Å². The Labute approximate surface area is 408 Å². The lowest BCUT2D eigenvalue weighted by atomic mass is 10.0. The summed E-state index contributed by atoms with van der Waals surface area (Å²) in [6.45, 7) is 13.8. The molecule has 2 aliphatic heterocycles. The highest BCUT2D eigenvalue weighted by molar-refractivity contribution is 5.75. The molecule has 0 radical (unpaired) electrons. The van der Waals surface area contributed by atoms with Crippen molar-refractivity contribution in [2.45, 2.75) is 64.5 Å². The van der Waals surface area contributed by atoms with Crippen LogP contribution in [0, 0.1) is 0 Å². The molecule has 2 aliphatic rings. The molecule has 7 N–H and O–H groups in total. The molecule has 69 heavy (non-hydrogen) atoms. The lowest BCUT2D eigenvalue weighted by Crippen LogP contribution is -2.51. The number of aliphatic carboxylic acids is 4. The van der Waals surface area contributed by atoms with Gasteiger partial charge in [0, 0.05) is 105 Å². The van der Waals surface area contributed by atoms with Crippen LogP contribution in [0.4, 0.5) is 0 Å². The number of hydrogen-bond donors (Lipinski definition) is 7. The van der Waals surface area contributed by atoms with Crippen LogP contribution in [0.15, 0.2) is 48.5 Å². The van der Waals surface area contributed by atoms with E-state index in [9.17, 15) is 44.4 Å². The number of carbonyl (C=O) groups is 5. The summed E-state index contributed by atoms with van der Waals surface area (Å²) in [5, 5.41) is 48.5. The molecule has 2 saturated heterocycles. The molecule has 2 heterocycles. The molecule has 0 amide bonds. The highest BCUT2D eigenvalue weighted by Crippen LogP contribution is 2.18. The first-order chi connectivity index (χ1) is 33.3. The number of carboxylic acid groups (broad SMARTS) is 4. The molecule has 0 bridgehead atoms. The van der Waals surface area contributed by atoms with E-state index in [1.54, 1.807) is 19.6 Å². The number of rotatable bonds is 22. The monoisotopic (exact) mass is 973 g/mol. The predicted molar refractivity (Wildman–Crippen MR) is 262 cm³/mol. The maximum Gasteiger partial charge on any atom is 0.323 e. The molecule has 2 aromatic rings. The van der Waals surface area contributed by atoms with Crippen LogP contribution in [0.3, 0.4) is 0 Å². The maximum absolute atomic E-state index is 12.5. The van der Waals surface area contributed by atoms with Gasteiger partial charge in [0.25, 0.3) is 0 Å². The number of benzene rings is 2. The van der Waals surface area contributed by atoms with E-state index in [1.807, 2.05) is 50.2 Å². The van der Waals surface area contributed by atoms with E-state index >= 15 is 0 Å². The van der Waals surface area contributed by atoms with Crippen LogP contribution < -0.4 is 25.4 Å². The Morgan fingerprint density at radius 1 is 0.507 bits per heavy atom. The topological polar surface area (TPSA) is 246 Å². The Bertz CT molecular complexity index is 1730. The van der Waals surface area contributed by atoms with Crippen LogP contribution in [0.1, 0.15) is 50.7 Å². The van der Waals surface area contributed by atoms with Crippen molar-refractivity contribution in [2.24, 2.45) is 0 Å². The Hall–Kier alpha value is -4.93. The molecule has 0 spiro atoms. The smallest absolute Gasteiger partial charge is 0.323 e. The predicted octanol–water partition coefficient (Wildman–Crippen LogP) is 1.37. The quantitative estimate of drug-likeness (QED) is 0.0824. The molecule has 20 heteroatoms. The maximum atomic E-state index is 12.5. The molecule has 0 aromatic heterocycles. The zero-order chi connectivity index (χ0) is 50.2. The van der Waals surface area contributed by atoms with Crippen molar-refractivity contribution in [1.29, 1.82) is 0 Å². The Morgan fingerprint density at radius 2 is 0.855 bits per heavy atom. The summed E-state index contributed by atoms with van der Waals surface area (Å²) in [5.74, 6) is -2.52. The SMILES string of the molecule is CCOc1ccc(CCCC(C(=O)O)N2CCN(CC(=O)O)CCN(CC(=O)O)CCN(CC(=O)O)CC2)cc1.CCOc1ccc(CCC[C@H](C(=O)OC)N2CCNCCNCCNCC2)cc1. The van der Waals surface area contributed by atoms with Gasteiger partial charge >= 0.3 is 29.8 Å². The summed E-state index contributed by atoms with van der Waals surface area (Å²) < 4.78 is 16.1. The van der Waals surface area contributed by atoms with Gasteiger partial charge in [0.15, 0.2) is 0 Å². The van der Waals surface area contributed by atoms with Crippen LogP contribution in [-0.4, -0.2) is 232 Å². The Kier molecular flexibility index (Phi) is 29.1. The second-order valence-corrected chi connectivity index (χ2v) is 17.2. The summed E-state index contributed by atoms with van der Waals surface area (Å²) in [6.07, 6.45) is 4.34. The molecule has 4 rings (SSSR count). The molecule has 2 fully saturated rings. The highest BCUT2D eigenvalue weighted by Gasteiger charge is 2.29. The van der Waals surface area contributed by atoms with Gasteiger partial charge in [-0.2, -0.15) is 0 Å². The zero-order valence-electron chi connectivity index (χ0n) is 41.2. The van der Waals surface area contributed by atoms with Crippen molar-refractivity contribution in [3.8, 4) is 11.5 Å². The second-order valence-electron chi connectivity index (χ2n) is 17.2. The lowest BCUT2D eigenvalue weighted by Gasteiger charge is -2.35. The molecule has 1 unspecified atom stereocenters. The van der Waals surface area contributed by atoms with Crippen molar-refractivity contribution in [2.75, 3.05) is 145 Å². The average molecular weight is 973 g/mol. The number of nitrogens with one attached hydrogen (secondary N) is 3. The van der Waals surface area contributed by atoms with Gasteiger partial charge in [-0.05, 0) is 87.8 Å². The first-order valence-electron chi connectivity index (χ1n) is 24.5. The lowest BCUT2D eigenvalue weighted by molar-refractivity contribution is -0.147. The van der Waals surface area contributed by atoms with Gasteiger partial charge in [-0.3, -0.25) is 48.5 Å². The van der Waals surface area contributed by atoms with Crippen LogP contribution in [0.5, 0.6) is 11.5 Å². The molecule has 0 saturated carbocycles. The summed E-state index contributed by atoms with van der Waals surface area (Å²) in [5.41, 5.74) is 2.33. The van der Waals surface area contributed by atoms with Gasteiger partial charge in [-0.15, -0.1) is 0 Å². The third-order valence-electron chi connectivity index (χ3n) is 12.1. The van der Waals surface area contributed by atoms with Crippen LogP contribution in [0.2, 0.25) is 0 Å². The molecule has 2 aromatic carbocycles. The molecular weight excluding hydrogens is 893 g/mol. The standard InChI is InChI=1S/C27H42N4O9.C22H38N4O3/c1-2-40-22-8-6-21(7-9-22)4-3-5-23(27(38)39)31-16-14-29(19-25(34)35)12-10-28(18-24(32)33)11-13-30(15-17-31)20-26(36)37;1-3-29-20-9-7-19(8-10-20)5-4-6-21(22(27)28-2)26-17-15-24-13-11-23-12-14-25-16-18-26/h6-9,23H,2-5,10-20H2,1H3,(H,32,33)(H,34,35)(H,36,37)(H,38,39);7-10,21,23-25H,3-6,11-18H2,1-2H3/t;21-/m.1/s1. The Morgan fingerprint density at radius 3 is 1.20 bits per heavy atom. The van der Waals surface area contributed by atoms with E-state index < -0.39 is 29.9 Å². The minimum absolute atomic E-state index is 0.134. The number of esters is 1. The van der Waals surface area contributed by atoms with E-state index in [0.717, 1.165) is 88.7 Å². The third-order valence-corrected chi connectivity index (χ3v) is 12.1. The number of carboxylic acids is 4. The number of methoxy groups -OCH3 is 1. The largest absolute Gasteiger partial charge is 0.494 e. The molecular formula is C49H80N8O12. The summed E-state index contributed by atoms with van der Waals surface area (Å²) >= 11 is 0. The molecule has 2 atom stereocenters. The minimum Gasteiger partial charge on any atom is -0.494 e. The normalized spacial score (nSPS) is 18.0. The Balaban J connectivity index is 0.000000384. The van der Waals surface area contributed by atoms with Crippen molar-refractivity contribution in [3.05, 3.63) is 59.7 Å². The van der Waals surface area contributed by atoms with Gasteiger partial charge in [0.1, 0.15) is 23.6 Å². The van der Waals surface area contributed by atoms with Crippen molar-refractivity contribution < 1.29 is 58.6 Å². The minimum atomic E-state index is -1.03. The van der Waals surface area contributed by atoms with Crippen molar-refractivity contribution >= 4 is 29.8 Å². The van der Waals surface area contributed by atoms with Gasteiger partial charge in [0.05, 0.1) is 40.0 Å². The fraction of sp³-hybridized carbons (Fsp3) is 0.653. The fourth-order valence-corrected chi connectivity index (χ4v) is 8.39. The number of ether oxygens (including phenoxy) is 3. The molecule has 0 aliphatic carbocycles. The number of hydrogen-bond acceptors (Lipinski definition) is 16. The average Bonchev–Trinajstić information content (AvgIpc) is 3.30. The number of nitrogens with zero attached hydrogens (tertiary/aromatic N) is 5. The van der Waals surface area contributed by atoms with Crippen molar-refractivity contribution in [1.82, 2.24) is 40.4 Å². The van der Waals surface area contributed by atoms with Crippen LogP contribution >= 0.6 is 0 Å². The van der Waals surface area contributed by atoms with E-state index in [2.05, 4.69) is 33.0 Å². The van der Waals surface area contributed by atoms with E-state index in [1.165, 1.54) is 12.7 Å². The van der Waals surface area contributed by atoms with Crippen LogP contribution in [-0.2, 0) is 41.6 Å². The van der Waals surface area contributed by atoms with Gasteiger partial charge in [-0.25, -0.2) is 0 Å². The zero-order valence-corrected chi connectivity index (χ0v) is 41.2. The highest BCUT2D eigenvalue weighted by atomic mass is 16.5. The van der Waals surface area contributed by atoms with E-state index in [4.69, 9.17) is 14.2 Å². The van der Waals surface area contributed by atoms with Gasteiger partial charge in [0.2, 0.25) is 0 Å². The fourth-order valence-electron chi connectivity index (χ4n) is 8.39. The van der Waals surface area contributed by atoms with Crippen molar-refractivity contribution in [3.63, 3.8) is 0 Å². The first kappa shape index (κ1) is 58.4. The molecule has 20 nitrogen and oxygen atoms in total. The number of carbonyl (C=O) groups excluding carboxylic acids is 1. The van der Waals surface area contributed by atoms with E-state index in [0.29, 0.717) is 32.5 Å². The third kappa shape index (κ3) is 25.0. The van der Waals surface area contributed by atoms with Gasteiger partial charge < -0.3 is 50.6 Å².